The van der Waals surface area contributed by atoms with Crippen LogP contribution in [-0.4, -0.2) is 57.6 Å². The highest BCUT2D eigenvalue weighted by Gasteiger charge is 2.32. The van der Waals surface area contributed by atoms with Crippen LogP contribution in [0, 0.1) is 5.92 Å². The molecule has 2 aromatic rings. The number of aromatic amines is 1. The molecule has 2 aromatic heterocycles. The number of nitrogens with zero attached hydrogens (tertiary/aromatic N) is 4. The molecular weight excluding hydrogens is 370 g/mol. The van der Waals surface area contributed by atoms with Gasteiger partial charge in [0.25, 0.3) is 0 Å². The molecule has 1 saturated heterocycles. The molecule has 156 valence electrons. The van der Waals surface area contributed by atoms with Gasteiger partial charge in [-0.2, -0.15) is 0 Å². The summed E-state index contributed by atoms with van der Waals surface area (Å²) in [6.07, 6.45) is 7.01. The van der Waals surface area contributed by atoms with Gasteiger partial charge < -0.3 is 20.0 Å². The lowest BCUT2D eigenvalue weighted by atomic mass is 10.1. The summed E-state index contributed by atoms with van der Waals surface area (Å²) < 4.78 is 5.31. The molecular formula is C20H29N7O2. The number of rotatable bonds is 6. The molecule has 9 heteroatoms. The van der Waals surface area contributed by atoms with E-state index in [1.807, 2.05) is 17.9 Å². The third-order valence-electron chi connectivity index (χ3n) is 5.55. The maximum absolute atomic E-state index is 12.6. The van der Waals surface area contributed by atoms with E-state index in [-0.39, 0.29) is 12.0 Å². The fraction of sp³-hybridized carbons (Fsp3) is 0.600. The summed E-state index contributed by atoms with van der Waals surface area (Å²) in [6, 6.07) is 3.84. The van der Waals surface area contributed by atoms with Crippen LogP contribution in [0.4, 0.5) is 0 Å². The molecule has 1 saturated carbocycles. The maximum Gasteiger partial charge on any atom is 0.225 e. The Morgan fingerprint density at radius 1 is 1.38 bits per heavy atom. The van der Waals surface area contributed by atoms with Crippen LogP contribution in [0.5, 0.6) is 0 Å². The summed E-state index contributed by atoms with van der Waals surface area (Å²) in [7, 11) is 0. The van der Waals surface area contributed by atoms with E-state index in [2.05, 4.69) is 30.8 Å². The van der Waals surface area contributed by atoms with Gasteiger partial charge in [0.1, 0.15) is 12.4 Å². The van der Waals surface area contributed by atoms with Crippen molar-refractivity contribution in [3.05, 3.63) is 24.2 Å². The van der Waals surface area contributed by atoms with E-state index in [9.17, 15) is 4.79 Å². The lowest BCUT2D eigenvalue weighted by Crippen LogP contribution is -2.45. The van der Waals surface area contributed by atoms with Gasteiger partial charge in [0.15, 0.2) is 11.7 Å². The summed E-state index contributed by atoms with van der Waals surface area (Å²) >= 11 is 0. The second-order valence-electron chi connectivity index (χ2n) is 7.67. The van der Waals surface area contributed by atoms with Crippen molar-refractivity contribution in [2.45, 2.75) is 51.6 Å². The zero-order valence-corrected chi connectivity index (χ0v) is 16.9. The number of aliphatic imine (C=N–C) groups is 1. The minimum Gasteiger partial charge on any atom is -0.461 e. The molecule has 2 fully saturated rings. The number of carbonyl (C=O) groups excluding carboxylic acids is 1. The molecule has 0 spiro atoms. The first-order valence-electron chi connectivity index (χ1n) is 10.5. The van der Waals surface area contributed by atoms with E-state index in [1.54, 1.807) is 12.3 Å². The van der Waals surface area contributed by atoms with Crippen molar-refractivity contribution in [3.63, 3.8) is 0 Å². The predicted molar refractivity (Wildman–Crippen MR) is 109 cm³/mol. The van der Waals surface area contributed by atoms with Gasteiger partial charge in [-0.05, 0) is 38.3 Å². The molecule has 1 amide bonds. The van der Waals surface area contributed by atoms with Crippen molar-refractivity contribution in [1.82, 2.24) is 30.7 Å². The quantitative estimate of drug-likeness (QED) is 0.505. The van der Waals surface area contributed by atoms with Crippen LogP contribution in [0.2, 0.25) is 0 Å². The van der Waals surface area contributed by atoms with Crippen molar-refractivity contribution in [1.29, 1.82) is 0 Å². The number of hydrogen-bond donors (Lipinski definition) is 3. The van der Waals surface area contributed by atoms with Crippen LogP contribution in [0.1, 0.15) is 44.9 Å². The highest BCUT2D eigenvalue weighted by atomic mass is 16.3. The molecule has 4 rings (SSSR count). The average Bonchev–Trinajstić information content (AvgIpc) is 3.53. The third kappa shape index (κ3) is 4.78. The topological polar surface area (TPSA) is 111 Å². The Balaban J connectivity index is 1.32. The molecule has 3 N–H and O–H groups in total. The van der Waals surface area contributed by atoms with E-state index in [0.717, 1.165) is 44.9 Å². The lowest BCUT2D eigenvalue weighted by Gasteiger charge is -2.21. The van der Waals surface area contributed by atoms with Crippen LogP contribution in [-0.2, 0) is 11.3 Å². The first-order valence-corrected chi connectivity index (χ1v) is 10.5. The van der Waals surface area contributed by atoms with Gasteiger partial charge in [0.05, 0.1) is 6.26 Å². The highest BCUT2D eigenvalue weighted by Crippen LogP contribution is 2.27. The van der Waals surface area contributed by atoms with Crippen LogP contribution < -0.4 is 10.6 Å². The van der Waals surface area contributed by atoms with Gasteiger partial charge in [0, 0.05) is 31.6 Å². The second-order valence-corrected chi connectivity index (χ2v) is 7.67. The largest absolute Gasteiger partial charge is 0.461 e. The maximum atomic E-state index is 12.6. The molecule has 29 heavy (non-hydrogen) atoms. The van der Waals surface area contributed by atoms with Gasteiger partial charge >= 0.3 is 0 Å². The molecule has 0 radical (unpaired) electrons. The van der Waals surface area contributed by atoms with E-state index in [4.69, 9.17) is 4.42 Å². The van der Waals surface area contributed by atoms with Crippen molar-refractivity contribution >= 4 is 11.9 Å². The number of hydrogen-bond acceptors (Lipinski definition) is 5. The standard InChI is InChI=1S/C20H29N7O2/c1-2-21-20(22-12-17-24-18(26-25-17)16-8-5-11-29-16)23-15-9-10-27(13-15)19(28)14-6-3-4-7-14/h5,8,11,14-15H,2-4,6-7,9-10,12-13H2,1H3,(H2,21,22,23)(H,24,25,26). The fourth-order valence-electron chi connectivity index (χ4n) is 4.06. The molecule has 1 aliphatic carbocycles. The number of nitrogens with one attached hydrogen (secondary N) is 3. The number of guanidine groups is 1. The van der Waals surface area contributed by atoms with E-state index < -0.39 is 0 Å². The number of aromatic nitrogens is 3. The Hall–Kier alpha value is -2.84. The number of furan rings is 1. The number of carbonyl (C=O) groups is 1. The van der Waals surface area contributed by atoms with E-state index in [1.165, 1.54) is 12.8 Å². The average molecular weight is 399 g/mol. The number of H-pyrrole nitrogens is 1. The number of amides is 1. The monoisotopic (exact) mass is 399 g/mol. The zero-order chi connectivity index (χ0) is 20.1. The molecule has 3 heterocycles. The van der Waals surface area contributed by atoms with Gasteiger partial charge in [-0.25, -0.2) is 9.98 Å². The van der Waals surface area contributed by atoms with Crippen molar-refractivity contribution in [2.75, 3.05) is 19.6 Å². The van der Waals surface area contributed by atoms with Crippen LogP contribution in [0.3, 0.4) is 0 Å². The van der Waals surface area contributed by atoms with Gasteiger partial charge in [0.2, 0.25) is 11.7 Å². The van der Waals surface area contributed by atoms with Crippen LogP contribution >= 0.6 is 0 Å². The smallest absolute Gasteiger partial charge is 0.225 e. The fourth-order valence-corrected chi connectivity index (χ4v) is 4.06. The first kappa shape index (κ1) is 19.5. The molecule has 2 aliphatic rings. The molecule has 1 atom stereocenters. The van der Waals surface area contributed by atoms with Gasteiger partial charge in [-0.3, -0.25) is 9.89 Å². The minimum absolute atomic E-state index is 0.214. The molecule has 0 bridgehead atoms. The van der Waals surface area contributed by atoms with Gasteiger partial charge in [-0.1, -0.05) is 12.8 Å². The second kappa shape index (κ2) is 9.11. The van der Waals surface area contributed by atoms with Crippen molar-refractivity contribution in [2.24, 2.45) is 10.9 Å². The summed E-state index contributed by atoms with van der Waals surface area (Å²) in [4.78, 5) is 23.7. The Morgan fingerprint density at radius 3 is 3.00 bits per heavy atom. The summed E-state index contributed by atoms with van der Waals surface area (Å²) in [5.74, 6) is 3.11. The van der Waals surface area contributed by atoms with Crippen LogP contribution in [0.15, 0.2) is 27.8 Å². The van der Waals surface area contributed by atoms with E-state index >= 15 is 0 Å². The normalized spacial score (nSPS) is 20.4. The minimum atomic E-state index is 0.214. The van der Waals surface area contributed by atoms with Crippen molar-refractivity contribution < 1.29 is 9.21 Å². The molecule has 9 nitrogen and oxygen atoms in total. The summed E-state index contributed by atoms with van der Waals surface area (Å²) in [5.41, 5.74) is 0. The molecule has 0 aromatic carbocycles. The van der Waals surface area contributed by atoms with Crippen LogP contribution in [0.25, 0.3) is 11.6 Å². The lowest BCUT2D eigenvalue weighted by molar-refractivity contribution is -0.134. The zero-order valence-electron chi connectivity index (χ0n) is 16.9. The Bertz CT molecular complexity index is 824. The van der Waals surface area contributed by atoms with Crippen molar-refractivity contribution in [3.8, 4) is 11.6 Å². The Kier molecular flexibility index (Phi) is 6.12. The Morgan fingerprint density at radius 2 is 2.24 bits per heavy atom. The summed E-state index contributed by atoms with van der Waals surface area (Å²) in [6.45, 7) is 4.73. The SMILES string of the molecule is CCNC(=NCc1nc(-c2ccco2)n[nH]1)NC1CCN(C(=O)C2CCCC2)C1. The highest BCUT2D eigenvalue weighted by molar-refractivity contribution is 5.81. The third-order valence-corrected chi connectivity index (χ3v) is 5.55. The first-order chi connectivity index (χ1) is 14.2. The molecule has 1 unspecified atom stereocenters. The Labute approximate surface area is 170 Å². The number of likely N-dealkylation sites (tertiary alicyclic amines) is 1. The van der Waals surface area contributed by atoms with E-state index in [0.29, 0.717) is 29.9 Å². The summed E-state index contributed by atoms with van der Waals surface area (Å²) in [5, 5.41) is 13.8. The predicted octanol–water partition coefficient (Wildman–Crippen LogP) is 1.91. The molecule has 1 aliphatic heterocycles. The van der Waals surface area contributed by atoms with Gasteiger partial charge in [-0.15, -0.1) is 5.10 Å².